The zero-order chi connectivity index (χ0) is 27.2. The number of benzene rings is 2. The molecular formula is C31H32F5NO. The summed E-state index contributed by atoms with van der Waals surface area (Å²) in [6.07, 6.45) is -1.40. The Labute approximate surface area is 219 Å². The first-order valence-electron chi connectivity index (χ1n) is 13.3. The fraction of sp³-hybridized carbons (Fsp3) is 0.452. The lowest BCUT2D eigenvalue weighted by atomic mass is 9.71. The highest BCUT2D eigenvalue weighted by atomic mass is 19.4. The Bertz CT molecular complexity index is 1290. The molecular weight excluding hydrogens is 497 g/mol. The lowest BCUT2D eigenvalue weighted by Crippen LogP contribution is -2.29. The quantitative estimate of drug-likeness (QED) is 0.342. The number of hydrogen-bond donors (Lipinski definition) is 1. The summed E-state index contributed by atoms with van der Waals surface area (Å²) < 4.78 is 70.2. The third-order valence-electron chi connectivity index (χ3n) is 8.01. The van der Waals surface area contributed by atoms with Gasteiger partial charge in [-0.3, -0.25) is 4.98 Å². The Balaban J connectivity index is 1.77. The van der Waals surface area contributed by atoms with E-state index in [1.807, 2.05) is 0 Å². The number of halogens is 5. The van der Waals surface area contributed by atoms with Crippen LogP contribution < -0.4 is 0 Å². The summed E-state index contributed by atoms with van der Waals surface area (Å²) in [5, 5.41) is 11.3. The van der Waals surface area contributed by atoms with E-state index in [0.717, 1.165) is 49.9 Å². The molecule has 0 aliphatic heterocycles. The van der Waals surface area contributed by atoms with E-state index in [1.54, 1.807) is 12.1 Å². The Kier molecular flexibility index (Phi) is 7.10. The highest BCUT2D eigenvalue weighted by molar-refractivity contribution is 5.75. The van der Waals surface area contributed by atoms with Crippen molar-refractivity contribution in [2.24, 2.45) is 5.41 Å². The molecule has 2 atom stereocenters. The minimum atomic E-state index is -4.53. The largest absolute Gasteiger partial charge is 0.416 e. The summed E-state index contributed by atoms with van der Waals surface area (Å²) in [7, 11) is 0. The molecule has 1 fully saturated rings. The van der Waals surface area contributed by atoms with Crippen LogP contribution in [0.1, 0.15) is 104 Å². The summed E-state index contributed by atoms with van der Waals surface area (Å²) in [4.78, 5) is 5.04. The third kappa shape index (κ3) is 5.22. The summed E-state index contributed by atoms with van der Waals surface area (Å²) in [5.41, 5.74) is 2.23. The van der Waals surface area contributed by atoms with Crippen LogP contribution in [0.3, 0.4) is 0 Å². The topological polar surface area (TPSA) is 33.1 Å². The van der Waals surface area contributed by atoms with Gasteiger partial charge in [-0.2, -0.15) is 13.2 Å². The van der Waals surface area contributed by atoms with E-state index < -0.39 is 29.8 Å². The molecule has 5 rings (SSSR count). The van der Waals surface area contributed by atoms with Gasteiger partial charge in [0.1, 0.15) is 5.82 Å². The second-order valence-corrected chi connectivity index (χ2v) is 11.5. The van der Waals surface area contributed by atoms with Gasteiger partial charge >= 0.3 is 6.18 Å². The monoisotopic (exact) mass is 529 g/mol. The summed E-state index contributed by atoms with van der Waals surface area (Å²) in [6, 6.07) is 9.88. The Morgan fingerprint density at radius 1 is 0.947 bits per heavy atom. The van der Waals surface area contributed by atoms with E-state index in [9.17, 15) is 22.7 Å². The first-order chi connectivity index (χ1) is 17.9. The van der Waals surface area contributed by atoms with E-state index >= 15 is 4.39 Å². The molecule has 1 saturated carbocycles. The maximum atomic E-state index is 16.7. The number of nitrogens with zero attached hydrogens (tertiary/aromatic N) is 1. The number of aromatic nitrogens is 1. The Morgan fingerprint density at radius 2 is 1.58 bits per heavy atom. The van der Waals surface area contributed by atoms with Crippen molar-refractivity contribution in [2.45, 2.75) is 83.2 Å². The second-order valence-electron chi connectivity index (χ2n) is 11.5. The first-order valence-corrected chi connectivity index (χ1v) is 13.3. The van der Waals surface area contributed by atoms with Gasteiger partial charge in [-0.25, -0.2) is 8.78 Å². The van der Waals surface area contributed by atoms with Crippen molar-refractivity contribution in [2.75, 3.05) is 0 Å². The zero-order valence-electron chi connectivity index (χ0n) is 21.6. The van der Waals surface area contributed by atoms with Crippen LogP contribution >= 0.6 is 0 Å². The van der Waals surface area contributed by atoms with Crippen LogP contribution in [0.5, 0.6) is 0 Å². The molecule has 3 aromatic rings. The number of fused-ring (bicyclic) bond motifs is 1. The minimum Gasteiger partial charge on any atom is -0.388 e. The van der Waals surface area contributed by atoms with Crippen LogP contribution in [0, 0.1) is 11.2 Å². The number of aliphatic hydroxyl groups excluding tert-OH is 1. The van der Waals surface area contributed by atoms with Gasteiger partial charge in [-0.1, -0.05) is 57.4 Å². The molecule has 0 radical (unpaired) electrons. The maximum Gasteiger partial charge on any atom is 0.416 e. The average Bonchev–Trinajstić information content (AvgIpc) is 2.87. The molecule has 38 heavy (non-hydrogen) atoms. The van der Waals surface area contributed by atoms with Crippen molar-refractivity contribution in [3.8, 4) is 11.1 Å². The number of rotatable bonds is 4. The van der Waals surface area contributed by atoms with E-state index in [0.29, 0.717) is 35.2 Å². The minimum absolute atomic E-state index is 0.00173. The van der Waals surface area contributed by atoms with Gasteiger partial charge in [0.2, 0.25) is 0 Å². The molecule has 2 aliphatic carbocycles. The summed E-state index contributed by atoms with van der Waals surface area (Å²) in [5.74, 6) is -0.440. The van der Waals surface area contributed by atoms with Gasteiger partial charge < -0.3 is 5.11 Å². The molecule has 1 heterocycles. The zero-order valence-corrected chi connectivity index (χ0v) is 21.6. The fourth-order valence-electron chi connectivity index (χ4n) is 6.21. The van der Waals surface area contributed by atoms with Crippen molar-refractivity contribution in [3.63, 3.8) is 0 Å². The van der Waals surface area contributed by atoms with Gasteiger partial charge in [-0.15, -0.1) is 0 Å². The molecule has 2 aromatic carbocycles. The molecule has 7 heteroatoms. The average molecular weight is 530 g/mol. The normalized spacial score (nSPS) is 20.7. The van der Waals surface area contributed by atoms with E-state index in [-0.39, 0.29) is 22.5 Å². The van der Waals surface area contributed by atoms with Gasteiger partial charge in [-0.05, 0) is 72.1 Å². The van der Waals surface area contributed by atoms with E-state index in [2.05, 4.69) is 13.8 Å². The molecule has 2 aliphatic rings. The number of aliphatic hydroxyl groups is 1. The molecule has 0 spiro atoms. The molecule has 202 valence electrons. The van der Waals surface area contributed by atoms with E-state index in [4.69, 9.17) is 4.98 Å². The fourth-order valence-corrected chi connectivity index (χ4v) is 6.21. The van der Waals surface area contributed by atoms with Crippen LogP contribution in [-0.2, 0) is 12.6 Å². The van der Waals surface area contributed by atoms with Crippen LogP contribution in [0.4, 0.5) is 22.0 Å². The molecule has 2 nitrogen and oxygen atoms in total. The number of hydrogen-bond acceptors (Lipinski definition) is 2. The maximum absolute atomic E-state index is 16.7. The SMILES string of the molecule is CC1(C)Cc2nc(C3CCCCC3)c(C(F)c3ccc(C(F)(F)F)cc3)c(-c3ccc(F)cc3)c2C(O)C1. The lowest BCUT2D eigenvalue weighted by molar-refractivity contribution is -0.137. The number of alkyl halides is 4. The molecule has 0 amide bonds. The third-order valence-corrected chi connectivity index (χ3v) is 8.01. The van der Waals surface area contributed by atoms with Gasteiger partial charge in [0, 0.05) is 22.7 Å². The van der Waals surface area contributed by atoms with Gasteiger partial charge in [0.05, 0.1) is 17.4 Å². The van der Waals surface area contributed by atoms with Gasteiger partial charge in [0.15, 0.2) is 6.17 Å². The predicted octanol–water partition coefficient (Wildman–Crippen LogP) is 9.02. The first kappa shape index (κ1) is 26.8. The molecule has 0 bridgehead atoms. The van der Waals surface area contributed by atoms with Crippen molar-refractivity contribution < 1.29 is 27.1 Å². The summed E-state index contributed by atoms with van der Waals surface area (Å²) in [6.45, 7) is 4.12. The highest BCUT2D eigenvalue weighted by Crippen LogP contribution is 2.50. The van der Waals surface area contributed by atoms with Crippen LogP contribution in [0.25, 0.3) is 11.1 Å². The predicted molar refractivity (Wildman–Crippen MR) is 137 cm³/mol. The van der Waals surface area contributed by atoms with Crippen molar-refractivity contribution in [1.82, 2.24) is 4.98 Å². The second kappa shape index (κ2) is 10.1. The lowest BCUT2D eigenvalue weighted by Gasteiger charge is -2.38. The van der Waals surface area contributed by atoms with Crippen LogP contribution in [0.15, 0.2) is 48.5 Å². The van der Waals surface area contributed by atoms with Crippen LogP contribution in [-0.4, -0.2) is 10.1 Å². The Morgan fingerprint density at radius 3 is 2.18 bits per heavy atom. The molecule has 1 aromatic heterocycles. The van der Waals surface area contributed by atoms with Crippen molar-refractivity contribution in [1.29, 1.82) is 0 Å². The molecule has 2 unspecified atom stereocenters. The Hall–Kier alpha value is -2.80. The molecule has 1 N–H and O–H groups in total. The van der Waals surface area contributed by atoms with E-state index in [1.165, 1.54) is 24.3 Å². The summed E-state index contributed by atoms with van der Waals surface area (Å²) >= 11 is 0. The van der Waals surface area contributed by atoms with Crippen LogP contribution in [0.2, 0.25) is 0 Å². The van der Waals surface area contributed by atoms with Crippen molar-refractivity contribution in [3.05, 3.63) is 88.0 Å². The number of pyridine rings is 1. The molecule has 0 saturated heterocycles. The smallest absolute Gasteiger partial charge is 0.388 e. The highest BCUT2D eigenvalue weighted by Gasteiger charge is 2.39. The van der Waals surface area contributed by atoms with Crippen molar-refractivity contribution >= 4 is 0 Å². The standard InChI is InChI=1S/C31H32F5NO/c1-30(2)16-23-26(24(38)17-30)25(18-10-14-22(32)15-11-18)27(29(37-23)20-6-4-3-5-7-20)28(33)19-8-12-21(13-9-19)31(34,35)36/h8-15,20,24,28,38H,3-7,16-17H2,1-2H3. The van der Waals surface area contributed by atoms with Gasteiger partial charge in [0.25, 0.3) is 0 Å².